The Morgan fingerprint density at radius 3 is 1.34 bits per heavy atom. The number of hydrogen-bond acceptors (Lipinski definition) is 6. The summed E-state index contributed by atoms with van der Waals surface area (Å²) in [5, 5.41) is 0. The summed E-state index contributed by atoms with van der Waals surface area (Å²) in [5.41, 5.74) is 2.30. The fraction of sp³-hybridized carbons (Fsp3) is 0.538. The van der Waals surface area contributed by atoms with E-state index in [1.165, 1.54) is 13.8 Å². The molecule has 0 fully saturated rings. The quantitative estimate of drug-likeness (QED) is 0.457. The van der Waals surface area contributed by atoms with Crippen molar-refractivity contribution in [1.82, 2.24) is 0 Å². The van der Waals surface area contributed by atoms with Gasteiger partial charge < -0.3 is 9.47 Å². The first kappa shape index (κ1) is 25.5. The second kappa shape index (κ2) is 9.39. The number of ketones is 2. The van der Waals surface area contributed by atoms with Gasteiger partial charge >= 0.3 is 11.9 Å². The highest BCUT2D eigenvalue weighted by Crippen LogP contribution is 2.42. The van der Waals surface area contributed by atoms with E-state index in [1.54, 1.807) is 13.8 Å². The van der Waals surface area contributed by atoms with Crippen LogP contribution in [0.2, 0.25) is 0 Å². The first-order valence-electron chi connectivity index (χ1n) is 10.9. The lowest BCUT2D eigenvalue weighted by Gasteiger charge is -2.36. The van der Waals surface area contributed by atoms with Crippen molar-refractivity contribution >= 4 is 23.5 Å². The number of ether oxygens (including phenoxy) is 2. The predicted octanol–water partition coefficient (Wildman–Crippen LogP) is 4.59. The zero-order valence-electron chi connectivity index (χ0n) is 20.3. The summed E-state index contributed by atoms with van der Waals surface area (Å²) in [4.78, 5) is 47.9. The summed E-state index contributed by atoms with van der Waals surface area (Å²) in [5.74, 6) is -1.26. The van der Waals surface area contributed by atoms with Crippen molar-refractivity contribution in [2.24, 2.45) is 10.8 Å². The van der Waals surface area contributed by atoms with Crippen LogP contribution in [0.5, 0.6) is 0 Å². The van der Waals surface area contributed by atoms with Gasteiger partial charge in [0.1, 0.15) is 0 Å². The molecular weight excluding hydrogens is 408 g/mol. The molecule has 6 heteroatoms. The molecule has 2 aliphatic rings. The van der Waals surface area contributed by atoms with Gasteiger partial charge in [0.15, 0.2) is 23.8 Å². The first-order chi connectivity index (χ1) is 14.7. The summed E-state index contributed by atoms with van der Waals surface area (Å²) >= 11 is 0. The largest absolute Gasteiger partial charge is 0.454 e. The number of esters is 2. The minimum absolute atomic E-state index is 0.169. The van der Waals surface area contributed by atoms with Crippen LogP contribution >= 0.6 is 0 Å². The highest BCUT2D eigenvalue weighted by atomic mass is 16.5. The third kappa shape index (κ3) is 5.53. The number of hydrogen-bond donors (Lipinski definition) is 0. The van der Waals surface area contributed by atoms with Crippen molar-refractivity contribution in [3.05, 3.63) is 46.6 Å². The van der Waals surface area contributed by atoms with Crippen molar-refractivity contribution in [1.29, 1.82) is 0 Å². The lowest BCUT2D eigenvalue weighted by atomic mass is 9.70. The molecule has 6 nitrogen and oxygen atoms in total. The molecule has 0 saturated heterocycles. The van der Waals surface area contributed by atoms with Gasteiger partial charge in [-0.1, -0.05) is 52.0 Å². The van der Waals surface area contributed by atoms with Crippen LogP contribution in [-0.2, 0) is 28.7 Å². The van der Waals surface area contributed by atoms with Gasteiger partial charge in [-0.05, 0) is 47.0 Å². The molecule has 0 aromatic rings. The molecule has 32 heavy (non-hydrogen) atoms. The fourth-order valence-corrected chi connectivity index (χ4v) is 4.69. The lowest BCUT2D eigenvalue weighted by Crippen LogP contribution is -2.38. The molecule has 0 heterocycles. The molecule has 2 rings (SSSR count). The molecule has 0 aromatic heterocycles. The zero-order chi connectivity index (χ0) is 24.4. The number of allylic oxidation sites excluding steroid dienone is 6. The monoisotopic (exact) mass is 442 g/mol. The van der Waals surface area contributed by atoms with Crippen molar-refractivity contribution < 1.29 is 28.7 Å². The second-order valence-corrected chi connectivity index (χ2v) is 9.90. The first-order valence-corrected chi connectivity index (χ1v) is 10.9. The SMILES string of the molecule is CC(=O)O[C@H]1CC(C)(C)C(/C=C/C=C/C2=C(C)C(=O)[C@@H](OC(C)=O)CC2(C)C)=C(C)C1=O. The molecule has 0 amide bonds. The Balaban J connectivity index is 2.28. The van der Waals surface area contributed by atoms with Crippen LogP contribution in [0.15, 0.2) is 46.6 Å². The Labute approximate surface area is 190 Å². The van der Waals surface area contributed by atoms with E-state index >= 15 is 0 Å². The fourth-order valence-electron chi connectivity index (χ4n) is 4.69. The van der Waals surface area contributed by atoms with Crippen LogP contribution in [0.1, 0.15) is 68.2 Å². The molecule has 0 N–H and O–H groups in total. The van der Waals surface area contributed by atoms with Gasteiger partial charge in [-0.3, -0.25) is 19.2 Å². The van der Waals surface area contributed by atoms with Crippen LogP contribution in [0.25, 0.3) is 0 Å². The van der Waals surface area contributed by atoms with Crippen molar-refractivity contribution in [3.63, 3.8) is 0 Å². The standard InChI is InChI=1S/C26H34O6/c1-15-19(25(5,6)13-21(23(15)29)31-17(3)27)11-9-10-12-20-16(2)24(30)22(32-18(4)28)14-26(20,7)8/h9-12,21-22H,13-14H2,1-8H3/b11-9+,12-10+/t21-,22-/m0/s1. The van der Waals surface area contributed by atoms with E-state index in [2.05, 4.69) is 0 Å². The maximum absolute atomic E-state index is 12.6. The molecule has 2 aliphatic carbocycles. The van der Waals surface area contributed by atoms with E-state index in [9.17, 15) is 19.2 Å². The summed E-state index contributed by atoms with van der Waals surface area (Å²) in [7, 11) is 0. The average Bonchev–Trinajstić information content (AvgIpc) is 2.64. The van der Waals surface area contributed by atoms with Crippen molar-refractivity contribution in [3.8, 4) is 0 Å². The lowest BCUT2D eigenvalue weighted by molar-refractivity contribution is -0.154. The van der Waals surface area contributed by atoms with Gasteiger partial charge in [-0.25, -0.2) is 0 Å². The molecule has 0 radical (unpaired) electrons. The topological polar surface area (TPSA) is 86.7 Å². The number of Topliss-reactive ketones (excluding diaryl/α,β-unsaturated/α-hetero) is 2. The molecule has 174 valence electrons. The number of carbonyl (C=O) groups is 4. The van der Waals surface area contributed by atoms with Crippen LogP contribution in [0.3, 0.4) is 0 Å². The van der Waals surface area contributed by atoms with Crippen LogP contribution in [0.4, 0.5) is 0 Å². The Morgan fingerprint density at radius 2 is 1.06 bits per heavy atom. The Hall–Kier alpha value is -2.76. The molecule has 0 bridgehead atoms. The summed E-state index contributed by atoms with van der Waals surface area (Å²) in [6.07, 6.45) is 6.89. The van der Waals surface area contributed by atoms with Gasteiger partial charge in [0.05, 0.1) is 0 Å². The van der Waals surface area contributed by atoms with Gasteiger partial charge in [-0.15, -0.1) is 0 Å². The van der Waals surface area contributed by atoms with Crippen LogP contribution in [-0.4, -0.2) is 35.7 Å². The van der Waals surface area contributed by atoms with Crippen LogP contribution < -0.4 is 0 Å². The Morgan fingerprint density at radius 1 is 0.750 bits per heavy atom. The highest BCUT2D eigenvalue weighted by molar-refractivity contribution is 6.02. The number of rotatable bonds is 5. The van der Waals surface area contributed by atoms with E-state index in [-0.39, 0.29) is 22.4 Å². The van der Waals surface area contributed by atoms with Gasteiger partial charge in [0.2, 0.25) is 0 Å². The molecule has 0 aromatic carbocycles. The Bertz CT molecular complexity index is 877. The van der Waals surface area contributed by atoms with Gasteiger partial charge in [0.25, 0.3) is 0 Å². The van der Waals surface area contributed by atoms with E-state index in [0.29, 0.717) is 24.0 Å². The van der Waals surface area contributed by atoms with E-state index < -0.39 is 24.1 Å². The summed E-state index contributed by atoms with van der Waals surface area (Å²) < 4.78 is 10.4. The minimum Gasteiger partial charge on any atom is -0.454 e. The molecule has 0 spiro atoms. The minimum atomic E-state index is -0.748. The molecule has 0 saturated carbocycles. The number of carbonyl (C=O) groups excluding carboxylic acids is 4. The smallest absolute Gasteiger partial charge is 0.303 e. The van der Waals surface area contributed by atoms with E-state index in [4.69, 9.17) is 9.47 Å². The average molecular weight is 443 g/mol. The summed E-state index contributed by atoms with van der Waals surface area (Å²) in [6.45, 7) is 14.2. The van der Waals surface area contributed by atoms with Crippen molar-refractivity contribution in [2.45, 2.75) is 80.4 Å². The molecule has 2 atom stereocenters. The highest BCUT2D eigenvalue weighted by Gasteiger charge is 2.40. The third-order valence-corrected chi connectivity index (χ3v) is 6.24. The Kier molecular flexibility index (Phi) is 7.48. The van der Waals surface area contributed by atoms with E-state index in [1.807, 2.05) is 52.0 Å². The van der Waals surface area contributed by atoms with Gasteiger partial charge in [0, 0.05) is 26.7 Å². The second-order valence-electron chi connectivity index (χ2n) is 9.90. The normalized spacial score (nSPS) is 25.6. The van der Waals surface area contributed by atoms with Crippen LogP contribution in [0, 0.1) is 10.8 Å². The van der Waals surface area contributed by atoms with Gasteiger partial charge in [-0.2, -0.15) is 0 Å². The van der Waals surface area contributed by atoms with Crippen molar-refractivity contribution in [2.75, 3.05) is 0 Å². The third-order valence-electron chi connectivity index (χ3n) is 6.24. The maximum Gasteiger partial charge on any atom is 0.303 e. The summed E-state index contributed by atoms with van der Waals surface area (Å²) in [6, 6.07) is 0. The molecular formula is C26H34O6. The zero-order valence-corrected chi connectivity index (χ0v) is 20.3. The van der Waals surface area contributed by atoms with E-state index in [0.717, 1.165) is 11.1 Å². The maximum atomic E-state index is 12.6. The predicted molar refractivity (Wildman–Crippen MR) is 122 cm³/mol. The molecule has 0 aliphatic heterocycles. The molecule has 0 unspecified atom stereocenters.